The number of primary amides is 1. The minimum atomic E-state index is -0.700. The average Bonchev–Trinajstić information content (AvgIpc) is 3.23. The summed E-state index contributed by atoms with van der Waals surface area (Å²) in [5.74, 6) is -0.893. The zero-order chi connectivity index (χ0) is 21.8. The van der Waals surface area contributed by atoms with Gasteiger partial charge < -0.3 is 11.1 Å². The molecule has 2 heterocycles. The van der Waals surface area contributed by atoms with Gasteiger partial charge in [0.2, 0.25) is 5.91 Å². The van der Waals surface area contributed by atoms with Crippen molar-refractivity contribution in [3.8, 4) is 0 Å². The van der Waals surface area contributed by atoms with E-state index in [9.17, 15) is 9.59 Å². The molecule has 1 aromatic heterocycles. The highest BCUT2D eigenvalue weighted by atomic mass is 32.2. The first kappa shape index (κ1) is 20.5. The van der Waals surface area contributed by atoms with Crippen LogP contribution in [0.15, 0.2) is 82.1 Å². The van der Waals surface area contributed by atoms with Gasteiger partial charge in [0.25, 0.3) is 5.91 Å². The summed E-state index contributed by atoms with van der Waals surface area (Å²) >= 11 is 1.44. The van der Waals surface area contributed by atoms with Gasteiger partial charge in [0.15, 0.2) is 5.16 Å². The second-order valence-corrected chi connectivity index (χ2v) is 7.95. The number of hydrogen-bond acceptors (Lipinski definition) is 7. The van der Waals surface area contributed by atoms with Crippen LogP contribution in [-0.2, 0) is 9.59 Å². The molecule has 0 saturated carbocycles. The van der Waals surface area contributed by atoms with Gasteiger partial charge in [-0.2, -0.15) is 5.10 Å². The first-order chi connectivity index (χ1) is 15.0. The Morgan fingerprint density at radius 3 is 2.52 bits per heavy atom. The van der Waals surface area contributed by atoms with Crippen molar-refractivity contribution in [2.75, 3.05) is 10.3 Å². The van der Waals surface area contributed by atoms with Crippen molar-refractivity contribution in [3.63, 3.8) is 0 Å². The maximum atomic E-state index is 12.8. The molecule has 0 aliphatic carbocycles. The standard InChI is InChI=1S/C22H20N6O2S/c1-14-12-16(31-22-24-10-5-11-25-22)8-9-17(14)26-21(30)18-13-19(20(23)29)28(27-18)15-6-3-2-4-7-15/h2-12,19H,13H2,1H3,(H2,23,29)(H,26,30). The summed E-state index contributed by atoms with van der Waals surface area (Å²) in [4.78, 5) is 34.1. The van der Waals surface area contributed by atoms with E-state index in [0.29, 0.717) is 16.5 Å². The minimum absolute atomic E-state index is 0.147. The Bertz CT molecular complexity index is 1140. The summed E-state index contributed by atoms with van der Waals surface area (Å²) in [6, 6.07) is 15.9. The molecule has 2 amide bonds. The molecule has 8 nitrogen and oxygen atoms in total. The Balaban J connectivity index is 1.49. The lowest BCUT2D eigenvalue weighted by molar-refractivity contribution is -0.119. The number of hydrogen-bond donors (Lipinski definition) is 2. The molecule has 0 radical (unpaired) electrons. The van der Waals surface area contributed by atoms with E-state index in [-0.39, 0.29) is 18.0 Å². The number of amides is 2. The fourth-order valence-electron chi connectivity index (χ4n) is 3.17. The van der Waals surface area contributed by atoms with Gasteiger partial charge in [-0.3, -0.25) is 14.6 Å². The lowest BCUT2D eigenvalue weighted by Crippen LogP contribution is -2.39. The fraction of sp³-hybridized carbons (Fsp3) is 0.136. The number of nitrogens with one attached hydrogen (secondary N) is 1. The zero-order valence-corrected chi connectivity index (χ0v) is 17.5. The van der Waals surface area contributed by atoms with Crippen molar-refractivity contribution < 1.29 is 9.59 Å². The number of anilines is 2. The van der Waals surface area contributed by atoms with Crippen molar-refractivity contribution in [2.24, 2.45) is 10.8 Å². The van der Waals surface area contributed by atoms with Gasteiger partial charge in [-0.05, 0) is 60.6 Å². The lowest BCUT2D eigenvalue weighted by atomic mass is 10.1. The molecule has 0 spiro atoms. The van der Waals surface area contributed by atoms with E-state index < -0.39 is 11.9 Å². The van der Waals surface area contributed by atoms with Crippen LogP contribution in [0, 0.1) is 6.92 Å². The largest absolute Gasteiger partial charge is 0.368 e. The first-order valence-corrected chi connectivity index (χ1v) is 10.4. The maximum Gasteiger partial charge on any atom is 0.271 e. The van der Waals surface area contributed by atoms with Gasteiger partial charge in [-0.25, -0.2) is 9.97 Å². The monoisotopic (exact) mass is 432 g/mol. The lowest BCUT2D eigenvalue weighted by Gasteiger charge is -2.20. The Morgan fingerprint density at radius 2 is 1.84 bits per heavy atom. The van der Waals surface area contributed by atoms with E-state index in [1.165, 1.54) is 16.8 Å². The molecule has 31 heavy (non-hydrogen) atoms. The molecule has 2 aromatic carbocycles. The van der Waals surface area contributed by atoms with Crippen LogP contribution in [0.5, 0.6) is 0 Å². The highest BCUT2D eigenvalue weighted by Crippen LogP contribution is 2.29. The summed E-state index contributed by atoms with van der Waals surface area (Å²) < 4.78 is 0. The van der Waals surface area contributed by atoms with Gasteiger partial charge in [0.05, 0.1) is 5.69 Å². The fourth-order valence-corrected chi connectivity index (χ4v) is 3.98. The van der Waals surface area contributed by atoms with Crippen LogP contribution < -0.4 is 16.1 Å². The van der Waals surface area contributed by atoms with Gasteiger partial charge in [0.1, 0.15) is 11.8 Å². The summed E-state index contributed by atoms with van der Waals surface area (Å²) in [5.41, 5.74) is 8.06. The normalized spacial score (nSPS) is 15.5. The van der Waals surface area contributed by atoms with E-state index in [0.717, 1.165) is 10.5 Å². The zero-order valence-electron chi connectivity index (χ0n) is 16.7. The molecular weight excluding hydrogens is 412 g/mol. The highest BCUT2D eigenvalue weighted by molar-refractivity contribution is 7.99. The molecule has 1 aliphatic heterocycles. The van der Waals surface area contributed by atoms with Crippen LogP contribution in [0.3, 0.4) is 0 Å². The molecule has 0 fully saturated rings. The summed E-state index contributed by atoms with van der Waals surface area (Å²) in [6.07, 6.45) is 3.53. The number of hydrazone groups is 1. The Labute approximate surface area is 183 Å². The SMILES string of the molecule is Cc1cc(Sc2ncccn2)ccc1NC(=O)C1=NN(c2ccccc2)C(C(N)=O)C1. The number of aryl methyl sites for hydroxylation is 1. The number of benzene rings is 2. The molecule has 1 aliphatic rings. The third kappa shape index (κ3) is 4.72. The Kier molecular flexibility index (Phi) is 5.94. The Hall–Kier alpha value is -3.72. The number of aromatic nitrogens is 2. The third-order valence-electron chi connectivity index (χ3n) is 4.72. The van der Waals surface area contributed by atoms with E-state index >= 15 is 0 Å². The van der Waals surface area contributed by atoms with Crippen LogP contribution in [-0.4, -0.2) is 33.5 Å². The van der Waals surface area contributed by atoms with Gasteiger partial charge in [-0.1, -0.05) is 18.2 Å². The van der Waals surface area contributed by atoms with Gasteiger partial charge in [0, 0.05) is 29.4 Å². The second kappa shape index (κ2) is 8.97. The number of nitrogens with zero attached hydrogens (tertiary/aromatic N) is 4. The summed E-state index contributed by atoms with van der Waals surface area (Å²) in [6.45, 7) is 1.91. The molecule has 1 unspecified atom stereocenters. The molecular formula is C22H20N6O2S. The van der Waals surface area contributed by atoms with E-state index in [1.807, 2.05) is 55.5 Å². The summed E-state index contributed by atoms with van der Waals surface area (Å²) in [5, 5.41) is 9.42. The minimum Gasteiger partial charge on any atom is -0.368 e. The van der Waals surface area contributed by atoms with Crippen LogP contribution in [0.2, 0.25) is 0 Å². The van der Waals surface area contributed by atoms with Crippen LogP contribution >= 0.6 is 11.8 Å². The topological polar surface area (TPSA) is 114 Å². The molecule has 9 heteroatoms. The predicted octanol–water partition coefficient (Wildman–Crippen LogP) is 2.99. The predicted molar refractivity (Wildman–Crippen MR) is 120 cm³/mol. The molecule has 3 aromatic rings. The van der Waals surface area contributed by atoms with Crippen LogP contribution in [0.25, 0.3) is 0 Å². The number of carbonyl (C=O) groups excluding carboxylic acids is 2. The van der Waals surface area contributed by atoms with Gasteiger partial charge in [-0.15, -0.1) is 0 Å². The average molecular weight is 433 g/mol. The molecule has 156 valence electrons. The second-order valence-electron chi connectivity index (χ2n) is 6.91. The summed E-state index contributed by atoms with van der Waals surface area (Å²) in [7, 11) is 0. The van der Waals surface area contributed by atoms with Gasteiger partial charge >= 0.3 is 0 Å². The van der Waals surface area contributed by atoms with Crippen molar-refractivity contribution >= 4 is 40.7 Å². The maximum absolute atomic E-state index is 12.8. The van der Waals surface area contributed by atoms with E-state index in [4.69, 9.17) is 5.73 Å². The smallest absolute Gasteiger partial charge is 0.271 e. The Morgan fingerprint density at radius 1 is 1.10 bits per heavy atom. The van der Waals surface area contributed by atoms with E-state index in [2.05, 4.69) is 20.4 Å². The number of rotatable bonds is 6. The van der Waals surface area contributed by atoms with Crippen molar-refractivity contribution in [2.45, 2.75) is 29.4 Å². The van der Waals surface area contributed by atoms with Crippen molar-refractivity contribution in [3.05, 3.63) is 72.6 Å². The van der Waals surface area contributed by atoms with Crippen LogP contribution in [0.4, 0.5) is 11.4 Å². The number of para-hydroxylation sites is 1. The number of carbonyl (C=O) groups is 2. The molecule has 1 atom stereocenters. The van der Waals surface area contributed by atoms with Crippen molar-refractivity contribution in [1.29, 1.82) is 0 Å². The number of nitrogens with two attached hydrogens (primary N) is 1. The molecule has 3 N–H and O–H groups in total. The van der Waals surface area contributed by atoms with Crippen molar-refractivity contribution in [1.82, 2.24) is 9.97 Å². The first-order valence-electron chi connectivity index (χ1n) is 9.59. The van der Waals surface area contributed by atoms with Crippen LogP contribution in [0.1, 0.15) is 12.0 Å². The molecule has 4 rings (SSSR count). The molecule has 0 saturated heterocycles. The molecule has 0 bridgehead atoms. The quantitative estimate of drug-likeness (QED) is 0.579. The third-order valence-corrected chi connectivity index (χ3v) is 5.60. The van der Waals surface area contributed by atoms with E-state index in [1.54, 1.807) is 18.5 Å². The highest BCUT2D eigenvalue weighted by Gasteiger charge is 2.35.